The molecule has 104 valence electrons. The SMILES string of the molecule is CNc1nccc(C(=O)Nc2ccc(C)cc2F)c1F. The van der Waals surface area contributed by atoms with Crippen LogP contribution in [0.1, 0.15) is 15.9 Å². The third kappa shape index (κ3) is 2.74. The van der Waals surface area contributed by atoms with Crippen molar-refractivity contribution >= 4 is 17.4 Å². The summed E-state index contributed by atoms with van der Waals surface area (Å²) in [6.07, 6.45) is 1.30. The maximum absolute atomic E-state index is 13.9. The third-order valence-electron chi connectivity index (χ3n) is 2.74. The van der Waals surface area contributed by atoms with Gasteiger partial charge in [0.25, 0.3) is 5.91 Å². The average Bonchev–Trinajstić information content (AvgIpc) is 2.42. The molecule has 0 bridgehead atoms. The summed E-state index contributed by atoms with van der Waals surface area (Å²) >= 11 is 0. The monoisotopic (exact) mass is 277 g/mol. The van der Waals surface area contributed by atoms with Gasteiger partial charge in [0, 0.05) is 13.2 Å². The van der Waals surface area contributed by atoms with Crippen LogP contribution in [-0.4, -0.2) is 17.9 Å². The van der Waals surface area contributed by atoms with Crippen LogP contribution in [0.3, 0.4) is 0 Å². The fourth-order valence-corrected chi connectivity index (χ4v) is 1.70. The zero-order chi connectivity index (χ0) is 14.7. The number of anilines is 2. The first kappa shape index (κ1) is 13.9. The van der Waals surface area contributed by atoms with Crippen LogP contribution in [0.4, 0.5) is 20.3 Å². The van der Waals surface area contributed by atoms with Gasteiger partial charge in [-0.3, -0.25) is 4.79 Å². The first-order chi connectivity index (χ1) is 9.52. The molecule has 2 aromatic rings. The van der Waals surface area contributed by atoms with Crippen LogP contribution in [0.15, 0.2) is 30.5 Å². The number of benzene rings is 1. The molecule has 0 aliphatic rings. The van der Waals surface area contributed by atoms with Crippen LogP contribution in [0.2, 0.25) is 0 Å². The minimum absolute atomic E-state index is 0.00261. The van der Waals surface area contributed by atoms with Crippen LogP contribution in [-0.2, 0) is 0 Å². The highest BCUT2D eigenvalue weighted by atomic mass is 19.1. The standard InChI is InChI=1S/C14H13F2N3O/c1-8-3-4-11(10(15)7-8)19-14(20)9-5-6-18-13(17-2)12(9)16/h3-7H,1-2H3,(H,17,18)(H,19,20). The second-order valence-corrected chi connectivity index (χ2v) is 4.21. The lowest BCUT2D eigenvalue weighted by Crippen LogP contribution is -2.16. The van der Waals surface area contributed by atoms with Gasteiger partial charge in [0.2, 0.25) is 0 Å². The van der Waals surface area contributed by atoms with Crippen molar-refractivity contribution in [1.29, 1.82) is 0 Å². The largest absolute Gasteiger partial charge is 0.371 e. The van der Waals surface area contributed by atoms with E-state index < -0.39 is 17.5 Å². The van der Waals surface area contributed by atoms with Crippen LogP contribution in [0.25, 0.3) is 0 Å². The Morgan fingerprint density at radius 2 is 2.00 bits per heavy atom. The van der Waals surface area contributed by atoms with Gasteiger partial charge < -0.3 is 10.6 Å². The molecular formula is C14H13F2N3O. The van der Waals surface area contributed by atoms with Crippen molar-refractivity contribution in [2.75, 3.05) is 17.7 Å². The van der Waals surface area contributed by atoms with Crippen LogP contribution < -0.4 is 10.6 Å². The number of amides is 1. The van der Waals surface area contributed by atoms with Gasteiger partial charge in [-0.05, 0) is 30.7 Å². The molecule has 2 rings (SSSR count). The van der Waals surface area contributed by atoms with Gasteiger partial charge in [-0.2, -0.15) is 0 Å². The maximum atomic E-state index is 13.9. The molecule has 0 spiro atoms. The number of rotatable bonds is 3. The quantitative estimate of drug-likeness (QED) is 0.907. The normalized spacial score (nSPS) is 10.2. The van der Waals surface area contributed by atoms with Gasteiger partial charge in [-0.15, -0.1) is 0 Å². The van der Waals surface area contributed by atoms with Gasteiger partial charge in [-0.1, -0.05) is 6.07 Å². The Balaban J connectivity index is 2.28. The first-order valence-electron chi connectivity index (χ1n) is 5.92. The second-order valence-electron chi connectivity index (χ2n) is 4.21. The van der Waals surface area contributed by atoms with Crippen molar-refractivity contribution in [2.45, 2.75) is 6.92 Å². The summed E-state index contributed by atoms with van der Waals surface area (Å²) in [4.78, 5) is 15.7. The lowest BCUT2D eigenvalue weighted by molar-refractivity contribution is 0.102. The fourth-order valence-electron chi connectivity index (χ4n) is 1.70. The summed E-state index contributed by atoms with van der Waals surface area (Å²) in [6.45, 7) is 1.73. The number of nitrogens with zero attached hydrogens (tertiary/aromatic N) is 1. The van der Waals surface area contributed by atoms with Crippen molar-refractivity contribution in [3.05, 3.63) is 53.2 Å². The number of carbonyl (C=O) groups is 1. The van der Waals surface area contributed by atoms with Crippen LogP contribution in [0.5, 0.6) is 0 Å². The number of hydrogen-bond donors (Lipinski definition) is 2. The van der Waals surface area contributed by atoms with E-state index in [1.54, 1.807) is 13.0 Å². The zero-order valence-electron chi connectivity index (χ0n) is 11.0. The average molecular weight is 277 g/mol. The minimum Gasteiger partial charge on any atom is -0.371 e. The number of hydrogen-bond acceptors (Lipinski definition) is 3. The van der Waals surface area contributed by atoms with E-state index in [0.29, 0.717) is 0 Å². The molecule has 2 N–H and O–H groups in total. The maximum Gasteiger partial charge on any atom is 0.258 e. The Kier molecular flexibility index (Phi) is 3.93. The minimum atomic E-state index is -0.778. The molecule has 6 heteroatoms. The third-order valence-corrected chi connectivity index (χ3v) is 2.74. The summed E-state index contributed by atoms with van der Waals surface area (Å²) in [7, 11) is 1.49. The molecule has 1 heterocycles. The Morgan fingerprint density at radius 1 is 1.25 bits per heavy atom. The molecule has 0 aliphatic carbocycles. The van der Waals surface area contributed by atoms with E-state index in [0.717, 1.165) is 5.56 Å². The lowest BCUT2D eigenvalue weighted by Gasteiger charge is -2.09. The predicted molar refractivity (Wildman–Crippen MR) is 72.8 cm³/mol. The van der Waals surface area contributed by atoms with Gasteiger partial charge in [0.05, 0.1) is 11.3 Å². The molecule has 20 heavy (non-hydrogen) atoms. The van der Waals surface area contributed by atoms with Crippen LogP contribution in [0, 0.1) is 18.6 Å². The number of pyridine rings is 1. The Hall–Kier alpha value is -2.50. The molecule has 1 amide bonds. The molecule has 0 saturated heterocycles. The van der Waals surface area contributed by atoms with Gasteiger partial charge in [0.15, 0.2) is 11.6 Å². The predicted octanol–water partition coefficient (Wildman–Crippen LogP) is 2.96. The summed E-state index contributed by atoms with van der Waals surface area (Å²) in [5.74, 6) is -2.12. The van der Waals surface area contributed by atoms with Gasteiger partial charge in [0.1, 0.15) is 5.82 Å². The number of aromatic nitrogens is 1. The Bertz CT molecular complexity index is 659. The molecule has 1 aromatic carbocycles. The number of aryl methyl sites for hydroxylation is 1. The summed E-state index contributed by atoms with van der Waals surface area (Å²) in [5.41, 5.74) is 0.528. The summed E-state index contributed by atoms with van der Waals surface area (Å²) in [5, 5.41) is 4.87. The topological polar surface area (TPSA) is 54.0 Å². The fraction of sp³-hybridized carbons (Fsp3) is 0.143. The zero-order valence-corrected chi connectivity index (χ0v) is 11.0. The highest BCUT2D eigenvalue weighted by Crippen LogP contribution is 2.19. The van der Waals surface area contributed by atoms with E-state index in [2.05, 4.69) is 15.6 Å². The van der Waals surface area contributed by atoms with E-state index in [1.165, 1.54) is 31.4 Å². The molecular weight excluding hydrogens is 264 g/mol. The van der Waals surface area contributed by atoms with E-state index in [1.807, 2.05) is 0 Å². The van der Waals surface area contributed by atoms with Gasteiger partial charge in [-0.25, -0.2) is 13.8 Å². The van der Waals surface area contributed by atoms with Crippen LogP contribution >= 0.6 is 0 Å². The molecule has 0 atom stereocenters. The van der Waals surface area contributed by atoms with E-state index in [9.17, 15) is 13.6 Å². The summed E-state index contributed by atoms with van der Waals surface area (Å²) in [6, 6.07) is 5.61. The molecule has 0 fully saturated rings. The van der Waals surface area contributed by atoms with E-state index >= 15 is 0 Å². The number of halogens is 2. The summed E-state index contributed by atoms with van der Waals surface area (Å²) < 4.78 is 27.6. The number of nitrogens with one attached hydrogen (secondary N) is 2. The van der Waals surface area contributed by atoms with Crippen molar-refractivity contribution in [1.82, 2.24) is 4.98 Å². The van der Waals surface area contributed by atoms with Crippen molar-refractivity contribution in [3.8, 4) is 0 Å². The van der Waals surface area contributed by atoms with Crippen molar-refractivity contribution < 1.29 is 13.6 Å². The molecule has 1 aromatic heterocycles. The lowest BCUT2D eigenvalue weighted by atomic mass is 10.2. The van der Waals surface area contributed by atoms with Crippen molar-refractivity contribution in [3.63, 3.8) is 0 Å². The molecule has 0 radical (unpaired) electrons. The highest BCUT2D eigenvalue weighted by molar-refractivity contribution is 6.04. The number of carbonyl (C=O) groups excluding carboxylic acids is 1. The van der Waals surface area contributed by atoms with E-state index in [-0.39, 0.29) is 17.1 Å². The smallest absolute Gasteiger partial charge is 0.258 e. The molecule has 0 unspecified atom stereocenters. The van der Waals surface area contributed by atoms with Crippen molar-refractivity contribution in [2.24, 2.45) is 0 Å². The molecule has 0 saturated carbocycles. The first-order valence-corrected chi connectivity index (χ1v) is 5.92. The Labute approximate surface area is 114 Å². The Morgan fingerprint density at radius 3 is 2.65 bits per heavy atom. The highest BCUT2D eigenvalue weighted by Gasteiger charge is 2.16. The molecule has 4 nitrogen and oxygen atoms in total. The van der Waals surface area contributed by atoms with E-state index in [4.69, 9.17) is 0 Å². The molecule has 0 aliphatic heterocycles. The second kappa shape index (κ2) is 5.64. The van der Waals surface area contributed by atoms with Gasteiger partial charge >= 0.3 is 0 Å².